The molecule has 4 atom stereocenters. The van der Waals surface area contributed by atoms with Crippen molar-refractivity contribution in [3.05, 3.63) is 0 Å². The lowest BCUT2D eigenvalue weighted by Gasteiger charge is -2.38. The molecule has 0 aliphatic carbocycles. The first kappa shape index (κ1) is 11.5. The van der Waals surface area contributed by atoms with E-state index < -0.39 is 0 Å². The molecule has 2 nitrogen and oxygen atoms in total. The van der Waals surface area contributed by atoms with E-state index in [2.05, 4.69) is 39.9 Å². The van der Waals surface area contributed by atoms with Gasteiger partial charge in [0.05, 0.1) is 0 Å². The van der Waals surface area contributed by atoms with Gasteiger partial charge >= 0.3 is 0 Å². The van der Waals surface area contributed by atoms with Crippen LogP contribution in [-0.4, -0.2) is 11.9 Å². The molecule has 4 unspecified atom stereocenters. The molecule has 0 spiro atoms. The zero-order valence-corrected chi connectivity index (χ0v) is 10.1. The third kappa shape index (κ3) is 1.45. The third-order valence-corrected chi connectivity index (χ3v) is 4.48. The number of carbonyl (C=O) groups is 1. The van der Waals surface area contributed by atoms with Gasteiger partial charge in [0.15, 0.2) is 0 Å². The van der Waals surface area contributed by atoms with Crippen LogP contribution >= 0.6 is 0 Å². The Morgan fingerprint density at radius 3 is 2.50 bits per heavy atom. The summed E-state index contributed by atoms with van der Waals surface area (Å²) in [6.45, 7) is 11.0. The summed E-state index contributed by atoms with van der Waals surface area (Å²) in [7, 11) is 0. The lowest BCUT2D eigenvalue weighted by atomic mass is 9.65. The van der Waals surface area contributed by atoms with E-state index in [0.29, 0.717) is 12.0 Å². The molecule has 0 aromatic rings. The number of hydrogen-bond acceptors (Lipinski definition) is 1. The fourth-order valence-corrected chi connectivity index (χ4v) is 2.79. The smallest absolute Gasteiger partial charge is 0.223 e. The summed E-state index contributed by atoms with van der Waals surface area (Å²) < 4.78 is 0. The fourth-order valence-electron chi connectivity index (χ4n) is 2.79. The van der Waals surface area contributed by atoms with Gasteiger partial charge in [-0.3, -0.25) is 4.79 Å². The highest BCUT2D eigenvalue weighted by Crippen LogP contribution is 2.45. The fraction of sp³-hybridized carbons (Fsp3) is 0.917. The van der Waals surface area contributed by atoms with Crippen LogP contribution in [0.25, 0.3) is 0 Å². The quantitative estimate of drug-likeness (QED) is 0.740. The van der Waals surface area contributed by atoms with Crippen LogP contribution in [-0.2, 0) is 4.79 Å². The molecule has 1 N–H and O–H groups in total. The Kier molecular flexibility index (Phi) is 3.23. The molecule has 1 rings (SSSR count). The SMILES string of the molecule is CCC(C)C1(C)C(CC)NC(=O)C1C. The highest BCUT2D eigenvalue weighted by Gasteiger charge is 2.50. The van der Waals surface area contributed by atoms with E-state index in [0.717, 1.165) is 12.8 Å². The van der Waals surface area contributed by atoms with Crippen LogP contribution in [0, 0.1) is 17.3 Å². The van der Waals surface area contributed by atoms with Crippen molar-refractivity contribution in [1.29, 1.82) is 0 Å². The van der Waals surface area contributed by atoms with E-state index in [1.54, 1.807) is 0 Å². The molecule has 0 bridgehead atoms. The second-order valence-corrected chi connectivity index (χ2v) is 4.87. The molecule has 2 heteroatoms. The van der Waals surface area contributed by atoms with Crippen molar-refractivity contribution in [3.63, 3.8) is 0 Å². The minimum absolute atomic E-state index is 0.139. The average molecular weight is 197 g/mol. The summed E-state index contributed by atoms with van der Waals surface area (Å²) in [5.74, 6) is 0.989. The third-order valence-electron chi connectivity index (χ3n) is 4.48. The van der Waals surface area contributed by atoms with Crippen LogP contribution in [0.4, 0.5) is 0 Å². The van der Waals surface area contributed by atoms with Gasteiger partial charge < -0.3 is 5.32 Å². The molecule has 0 aromatic heterocycles. The van der Waals surface area contributed by atoms with Crippen LogP contribution < -0.4 is 5.32 Å². The minimum Gasteiger partial charge on any atom is -0.353 e. The first-order valence-electron chi connectivity index (χ1n) is 5.78. The van der Waals surface area contributed by atoms with Crippen molar-refractivity contribution < 1.29 is 4.79 Å². The lowest BCUT2D eigenvalue weighted by molar-refractivity contribution is -0.123. The van der Waals surface area contributed by atoms with E-state index in [-0.39, 0.29) is 17.2 Å². The topological polar surface area (TPSA) is 29.1 Å². The van der Waals surface area contributed by atoms with Gasteiger partial charge in [0.25, 0.3) is 0 Å². The lowest BCUT2D eigenvalue weighted by Crippen LogP contribution is -2.40. The Bertz CT molecular complexity index is 226. The van der Waals surface area contributed by atoms with Gasteiger partial charge in [-0.1, -0.05) is 41.0 Å². The predicted molar refractivity (Wildman–Crippen MR) is 58.9 cm³/mol. The Hall–Kier alpha value is -0.530. The molecule has 0 aromatic carbocycles. The van der Waals surface area contributed by atoms with Crippen LogP contribution in [0.5, 0.6) is 0 Å². The van der Waals surface area contributed by atoms with Crippen LogP contribution in [0.3, 0.4) is 0 Å². The monoisotopic (exact) mass is 197 g/mol. The summed E-state index contributed by atoms with van der Waals surface area (Å²) >= 11 is 0. The molecule has 1 amide bonds. The van der Waals surface area contributed by atoms with Gasteiger partial charge in [0.2, 0.25) is 5.91 Å². The van der Waals surface area contributed by atoms with Gasteiger partial charge in [-0.05, 0) is 12.3 Å². The Morgan fingerprint density at radius 2 is 2.07 bits per heavy atom. The zero-order chi connectivity index (χ0) is 10.9. The van der Waals surface area contributed by atoms with Crippen molar-refractivity contribution in [2.45, 2.75) is 53.5 Å². The van der Waals surface area contributed by atoms with Crippen molar-refractivity contribution in [3.8, 4) is 0 Å². The molecule has 0 saturated carbocycles. The number of amides is 1. The average Bonchev–Trinajstić information content (AvgIpc) is 2.42. The molecule has 1 aliphatic heterocycles. The van der Waals surface area contributed by atoms with Gasteiger partial charge in [-0.25, -0.2) is 0 Å². The standard InChI is InChI=1S/C12H23NO/c1-6-8(3)12(5)9(4)11(14)13-10(12)7-2/h8-10H,6-7H2,1-5H3,(H,13,14). The van der Waals surface area contributed by atoms with E-state index in [1.807, 2.05) is 0 Å². The number of hydrogen-bond donors (Lipinski definition) is 1. The normalized spacial score (nSPS) is 39.6. The largest absolute Gasteiger partial charge is 0.353 e. The minimum atomic E-state index is 0.139. The highest BCUT2D eigenvalue weighted by molar-refractivity contribution is 5.82. The Labute approximate surface area is 87.5 Å². The second-order valence-electron chi connectivity index (χ2n) is 4.87. The Balaban J connectivity index is 2.96. The van der Waals surface area contributed by atoms with Crippen molar-refractivity contribution in [2.75, 3.05) is 0 Å². The van der Waals surface area contributed by atoms with Gasteiger partial charge in [0.1, 0.15) is 0 Å². The van der Waals surface area contributed by atoms with Crippen molar-refractivity contribution in [2.24, 2.45) is 17.3 Å². The van der Waals surface area contributed by atoms with E-state index in [4.69, 9.17) is 0 Å². The molecule has 1 fully saturated rings. The zero-order valence-electron chi connectivity index (χ0n) is 10.1. The van der Waals surface area contributed by atoms with Crippen molar-refractivity contribution >= 4 is 5.91 Å². The molecule has 82 valence electrons. The molecule has 14 heavy (non-hydrogen) atoms. The summed E-state index contributed by atoms with van der Waals surface area (Å²) in [6, 6.07) is 0.361. The van der Waals surface area contributed by atoms with E-state index in [1.165, 1.54) is 0 Å². The molecule has 1 saturated heterocycles. The summed E-state index contributed by atoms with van der Waals surface area (Å²) in [5, 5.41) is 3.12. The number of carbonyl (C=O) groups excluding carboxylic acids is 1. The molecule has 1 aliphatic rings. The summed E-state index contributed by atoms with van der Waals surface area (Å²) in [4.78, 5) is 11.7. The predicted octanol–water partition coefficient (Wildman–Crippen LogP) is 2.58. The van der Waals surface area contributed by atoms with E-state index in [9.17, 15) is 4.79 Å². The molecular weight excluding hydrogens is 174 g/mol. The first-order chi connectivity index (χ1) is 6.48. The van der Waals surface area contributed by atoms with Gasteiger partial charge in [-0.15, -0.1) is 0 Å². The molecule has 0 radical (unpaired) electrons. The Morgan fingerprint density at radius 1 is 1.50 bits per heavy atom. The maximum Gasteiger partial charge on any atom is 0.223 e. The second kappa shape index (κ2) is 3.92. The van der Waals surface area contributed by atoms with Crippen LogP contribution in [0.15, 0.2) is 0 Å². The molecule has 1 heterocycles. The summed E-state index contributed by atoms with van der Waals surface area (Å²) in [5.41, 5.74) is 0.139. The maximum atomic E-state index is 11.7. The van der Waals surface area contributed by atoms with Gasteiger partial charge in [0, 0.05) is 17.4 Å². The maximum absolute atomic E-state index is 11.7. The van der Waals surface area contributed by atoms with Crippen molar-refractivity contribution in [1.82, 2.24) is 5.32 Å². The molecular formula is C12H23NO. The first-order valence-corrected chi connectivity index (χ1v) is 5.78. The number of rotatable bonds is 3. The van der Waals surface area contributed by atoms with Crippen LogP contribution in [0.2, 0.25) is 0 Å². The highest BCUT2D eigenvalue weighted by atomic mass is 16.2. The summed E-state index contributed by atoms with van der Waals surface area (Å²) in [6.07, 6.45) is 2.18. The number of nitrogens with one attached hydrogen (secondary N) is 1. The van der Waals surface area contributed by atoms with Crippen LogP contribution in [0.1, 0.15) is 47.5 Å². The van der Waals surface area contributed by atoms with Gasteiger partial charge in [-0.2, -0.15) is 0 Å². The van der Waals surface area contributed by atoms with E-state index >= 15 is 0 Å².